The Kier molecular flexibility index (Phi) is 10.5. The number of hydrogen-bond acceptors (Lipinski definition) is 3. The van der Waals surface area contributed by atoms with Crippen LogP contribution in [0.1, 0.15) is 40.0 Å². The highest BCUT2D eigenvalue weighted by Gasteiger charge is 2.02. The topological polar surface area (TPSA) is 50.4 Å². The van der Waals surface area contributed by atoms with E-state index in [9.17, 15) is 4.79 Å². The van der Waals surface area contributed by atoms with Crippen LogP contribution in [-0.2, 0) is 9.53 Å². The maximum atomic E-state index is 11.3. The molecule has 0 aliphatic heterocycles. The Bertz CT molecular complexity index is 174. The molecule has 0 rings (SSSR count). The number of ether oxygens (including phenoxy) is 1. The van der Waals surface area contributed by atoms with Gasteiger partial charge in [0, 0.05) is 25.8 Å². The normalized spacial score (nSPS) is 12.4. The molecule has 1 atom stereocenters. The van der Waals surface area contributed by atoms with E-state index < -0.39 is 0 Å². The van der Waals surface area contributed by atoms with Crippen molar-refractivity contribution in [3.63, 3.8) is 0 Å². The third-order valence-electron chi connectivity index (χ3n) is 2.36. The van der Waals surface area contributed by atoms with Gasteiger partial charge in [-0.25, -0.2) is 0 Å². The van der Waals surface area contributed by atoms with Crippen molar-refractivity contribution in [3.8, 4) is 0 Å². The molecule has 0 aromatic carbocycles. The summed E-state index contributed by atoms with van der Waals surface area (Å²) < 4.78 is 5.31. The summed E-state index contributed by atoms with van der Waals surface area (Å²) in [6.07, 6.45) is 2.97. The number of hydrogen-bond donors (Lipinski definition) is 2. The van der Waals surface area contributed by atoms with Crippen LogP contribution in [0.25, 0.3) is 0 Å². The van der Waals surface area contributed by atoms with E-state index in [2.05, 4.69) is 31.4 Å². The second-order valence-corrected chi connectivity index (χ2v) is 4.01. The summed E-state index contributed by atoms with van der Waals surface area (Å²) in [5.41, 5.74) is 0. The SMILES string of the molecule is CCCOCCCNC(=O)CNC(C)CC. The predicted molar refractivity (Wildman–Crippen MR) is 66.5 cm³/mol. The van der Waals surface area contributed by atoms with Crippen molar-refractivity contribution in [2.45, 2.75) is 46.1 Å². The minimum absolute atomic E-state index is 0.0655. The Morgan fingerprint density at radius 2 is 2.06 bits per heavy atom. The molecule has 0 aliphatic rings. The van der Waals surface area contributed by atoms with Crippen LogP contribution in [-0.4, -0.2) is 38.3 Å². The molecule has 0 radical (unpaired) electrons. The van der Waals surface area contributed by atoms with E-state index in [1.165, 1.54) is 0 Å². The molecule has 0 bridgehead atoms. The smallest absolute Gasteiger partial charge is 0.233 e. The lowest BCUT2D eigenvalue weighted by Gasteiger charge is -2.11. The first-order chi connectivity index (χ1) is 7.70. The minimum Gasteiger partial charge on any atom is -0.381 e. The zero-order valence-corrected chi connectivity index (χ0v) is 10.8. The zero-order chi connectivity index (χ0) is 12.2. The lowest BCUT2D eigenvalue weighted by molar-refractivity contribution is -0.120. The van der Waals surface area contributed by atoms with Crippen LogP contribution in [0, 0.1) is 0 Å². The van der Waals surface area contributed by atoms with E-state index in [1.807, 2.05) is 0 Å². The van der Waals surface area contributed by atoms with Gasteiger partial charge in [0.25, 0.3) is 0 Å². The van der Waals surface area contributed by atoms with Crippen LogP contribution in [0.3, 0.4) is 0 Å². The summed E-state index contributed by atoms with van der Waals surface area (Å²) in [5.74, 6) is 0.0655. The minimum atomic E-state index is 0.0655. The van der Waals surface area contributed by atoms with E-state index in [0.717, 1.165) is 32.5 Å². The Morgan fingerprint density at radius 1 is 1.31 bits per heavy atom. The number of nitrogens with one attached hydrogen (secondary N) is 2. The van der Waals surface area contributed by atoms with Crippen molar-refractivity contribution in [2.24, 2.45) is 0 Å². The summed E-state index contributed by atoms with van der Waals surface area (Å²) in [7, 11) is 0. The maximum absolute atomic E-state index is 11.3. The summed E-state index contributed by atoms with van der Waals surface area (Å²) >= 11 is 0. The van der Waals surface area contributed by atoms with Gasteiger partial charge in [-0.05, 0) is 26.2 Å². The molecule has 1 amide bonds. The van der Waals surface area contributed by atoms with Crippen molar-refractivity contribution in [2.75, 3.05) is 26.3 Å². The standard InChI is InChI=1S/C12H26N2O2/c1-4-8-16-9-6-7-13-12(15)10-14-11(3)5-2/h11,14H,4-10H2,1-3H3,(H,13,15). The summed E-state index contributed by atoms with van der Waals surface area (Å²) in [6.45, 7) is 8.90. The van der Waals surface area contributed by atoms with Crippen LogP contribution in [0.2, 0.25) is 0 Å². The number of rotatable bonds is 10. The molecule has 0 aromatic heterocycles. The molecule has 4 heteroatoms. The third kappa shape index (κ3) is 9.93. The number of carbonyl (C=O) groups excluding carboxylic acids is 1. The van der Waals surface area contributed by atoms with Gasteiger partial charge < -0.3 is 15.4 Å². The lowest BCUT2D eigenvalue weighted by atomic mass is 10.2. The van der Waals surface area contributed by atoms with E-state index in [1.54, 1.807) is 0 Å². The van der Waals surface area contributed by atoms with Gasteiger partial charge in [-0.3, -0.25) is 4.79 Å². The summed E-state index contributed by atoms with van der Waals surface area (Å²) in [5, 5.41) is 6.01. The first-order valence-corrected chi connectivity index (χ1v) is 6.28. The van der Waals surface area contributed by atoms with Gasteiger partial charge in [0.1, 0.15) is 0 Å². The fourth-order valence-corrected chi connectivity index (χ4v) is 1.12. The van der Waals surface area contributed by atoms with E-state index >= 15 is 0 Å². The number of carbonyl (C=O) groups is 1. The molecule has 1 unspecified atom stereocenters. The average Bonchev–Trinajstić information content (AvgIpc) is 2.30. The summed E-state index contributed by atoms with van der Waals surface area (Å²) in [6, 6.07) is 0.402. The van der Waals surface area contributed by atoms with Crippen LogP contribution >= 0.6 is 0 Å². The van der Waals surface area contributed by atoms with Crippen LogP contribution < -0.4 is 10.6 Å². The first-order valence-electron chi connectivity index (χ1n) is 6.28. The van der Waals surface area contributed by atoms with Gasteiger partial charge in [-0.1, -0.05) is 13.8 Å². The second-order valence-electron chi connectivity index (χ2n) is 4.01. The molecule has 0 spiro atoms. The fraction of sp³-hybridized carbons (Fsp3) is 0.917. The van der Waals surface area contributed by atoms with Gasteiger partial charge >= 0.3 is 0 Å². The molecule has 0 saturated carbocycles. The number of amides is 1. The maximum Gasteiger partial charge on any atom is 0.233 e. The van der Waals surface area contributed by atoms with Crippen molar-refractivity contribution in [1.29, 1.82) is 0 Å². The molecular formula is C12H26N2O2. The Hall–Kier alpha value is -0.610. The monoisotopic (exact) mass is 230 g/mol. The van der Waals surface area contributed by atoms with Gasteiger partial charge in [0.05, 0.1) is 6.54 Å². The molecule has 4 nitrogen and oxygen atoms in total. The van der Waals surface area contributed by atoms with Crippen LogP contribution in [0.4, 0.5) is 0 Å². The molecule has 0 heterocycles. The van der Waals surface area contributed by atoms with Crippen molar-refractivity contribution >= 4 is 5.91 Å². The van der Waals surface area contributed by atoms with Crippen molar-refractivity contribution < 1.29 is 9.53 Å². The van der Waals surface area contributed by atoms with Crippen LogP contribution in [0.5, 0.6) is 0 Å². The molecule has 2 N–H and O–H groups in total. The van der Waals surface area contributed by atoms with Crippen molar-refractivity contribution in [1.82, 2.24) is 10.6 Å². The molecule has 0 saturated heterocycles. The van der Waals surface area contributed by atoms with E-state index in [0.29, 0.717) is 19.1 Å². The van der Waals surface area contributed by atoms with Crippen LogP contribution in [0.15, 0.2) is 0 Å². The second kappa shape index (κ2) is 10.9. The largest absolute Gasteiger partial charge is 0.381 e. The van der Waals surface area contributed by atoms with E-state index in [4.69, 9.17) is 4.74 Å². The highest BCUT2D eigenvalue weighted by atomic mass is 16.5. The highest BCUT2D eigenvalue weighted by Crippen LogP contribution is 1.86. The molecule has 16 heavy (non-hydrogen) atoms. The van der Waals surface area contributed by atoms with Gasteiger partial charge in [0.15, 0.2) is 0 Å². The molecule has 0 fully saturated rings. The summed E-state index contributed by atoms with van der Waals surface area (Å²) in [4.78, 5) is 11.3. The third-order valence-corrected chi connectivity index (χ3v) is 2.36. The van der Waals surface area contributed by atoms with Gasteiger partial charge in [-0.2, -0.15) is 0 Å². The average molecular weight is 230 g/mol. The van der Waals surface area contributed by atoms with Crippen molar-refractivity contribution in [3.05, 3.63) is 0 Å². The Labute approximate surface area is 99.1 Å². The molecule has 0 aliphatic carbocycles. The van der Waals surface area contributed by atoms with Gasteiger partial charge in [-0.15, -0.1) is 0 Å². The molecule has 0 aromatic rings. The highest BCUT2D eigenvalue weighted by molar-refractivity contribution is 5.77. The Balaban J connectivity index is 3.24. The fourth-order valence-electron chi connectivity index (χ4n) is 1.12. The predicted octanol–water partition coefficient (Wildman–Crippen LogP) is 1.31. The molecular weight excluding hydrogens is 204 g/mol. The Morgan fingerprint density at radius 3 is 2.69 bits per heavy atom. The first kappa shape index (κ1) is 15.4. The quantitative estimate of drug-likeness (QED) is 0.556. The zero-order valence-electron chi connectivity index (χ0n) is 10.8. The lowest BCUT2D eigenvalue weighted by Crippen LogP contribution is -2.38. The molecule has 96 valence electrons. The van der Waals surface area contributed by atoms with E-state index in [-0.39, 0.29) is 5.91 Å². The van der Waals surface area contributed by atoms with Gasteiger partial charge in [0.2, 0.25) is 5.91 Å².